The Morgan fingerprint density at radius 1 is 1.23 bits per heavy atom. The highest BCUT2D eigenvalue weighted by atomic mass is 16.5. The summed E-state index contributed by atoms with van der Waals surface area (Å²) < 4.78 is 15.8. The molecule has 0 aliphatic carbocycles. The fourth-order valence-corrected chi connectivity index (χ4v) is 3.67. The van der Waals surface area contributed by atoms with Gasteiger partial charge in [0, 0.05) is 42.2 Å². The molecule has 1 saturated heterocycles. The first-order valence-electron chi connectivity index (χ1n) is 9.78. The number of nitrogens with one attached hydrogen (secondary N) is 1. The average molecular weight is 424 g/mol. The number of carbonyl (C=O) groups is 3. The number of rotatable bonds is 5. The molecule has 0 radical (unpaired) electrons. The third-order valence-electron chi connectivity index (χ3n) is 5.04. The van der Waals surface area contributed by atoms with Crippen molar-refractivity contribution >= 4 is 34.4 Å². The Bertz CT molecular complexity index is 1200. The van der Waals surface area contributed by atoms with Crippen molar-refractivity contribution in [1.82, 2.24) is 4.90 Å². The van der Waals surface area contributed by atoms with E-state index in [0.29, 0.717) is 36.0 Å². The van der Waals surface area contributed by atoms with Crippen molar-refractivity contribution in [2.45, 2.75) is 32.4 Å². The van der Waals surface area contributed by atoms with E-state index in [2.05, 4.69) is 5.32 Å². The van der Waals surface area contributed by atoms with Gasteiger partial charge in [-0.3, -0.25) is 9.59 Å². The van der Waals surface area contributed by atoms with Crippen molar-refractivity contribution in [3.63, 3.8) is 0 Å². The number of ether oxygens (including phenoxy) is 1. The van der Waals surface area contributed by atoms with E-state index in [-0.39, 0.29) is 29.8 Å². The molecular weight excluding hydrogens is 404 g/mol. The molecule has 1 N–H and O–H groups in total. The van der Waals surface area contributed by atoms with Crippen molar-refractivity contribution in [3.05, 3.63) is 64.4 Å². The molecule has 1 fully saturated rings. The first-order valence-corrected chi connectivity index (χ1v) is 9.78. The van der Waals surface area contributed by atoms with Crippen molar-refractivity contribution in [1.29, 1.82) is 0 Å². The van der Waals surface area contributed by atoms with E-state index in [4.69, 9.17) is 13.6 Å². The van der Waals surface area contributed by atoms with Crippen molar-refractivity contribution in [2.75, 3.05) is 11.9 Å². The van der Waals surface area contributed by atoms with Gasteiger partial charge >= 0.3 is 11.6 Å². The lowest BCUT2D eigenvalue weighted by molar-refractivity contribution is -0.149. The number of carbonyl (C=O) groups excluding carboxylic acids is 3. The first kappa shape index (κ1) is 20.4. The minimum atomic E-state index is -0.713. The van der Waals surface area contributed by atoms with Crippen LogP contribution >= 0.6 is 0 Å². The minimum Gasteiger partial charge on any atom is -0.459 e. The summed E-state index contributed by atoms with van der Waals surface area (Å²) in [7, 11) is 0. The van der Waals surface area contributed by atoms with Gasteiger partial charge in [-0.25, -0.2) is 9.59 Å². The van der Waals surface area contributed by atoms with Gasteiger partial charge in [-0.05, 0) is 37.1 Å². The van der Waals surface area contributed by atoms with E-state index < -0.39 is 17.6 Å². The quantitative estimate of drug-likeness (QED) is 0.494. The Kier molecular flexibility index (Phi) is 5.57. The second kappa shape index (κ2) is 8.47. The van der Waals surface area contributed by atoms with Crippen molar-refractivity contribution < 1.29 is 28.0 Å². The van der Waals surface area contributed by atoms with Crippen LogP contribution in [-0.2, 0) is 20.9 Å². The molecule has 160 valence electrons. The number of nitrogens with zero attached hydrogens (tertiary/aromatic N) is 1. The molecule has 9 nitrogen and oxygen atoms in total. The molecule has 31 heavy (non-hydrogen) atoms. The molecule has 3 aromatic rings. The lowest BCUT2D eigenvalue weighted by Crippen LogP contribution is -2.41. The summed E-state index contributed by atoms with van der Waals surface area (Å²) >= 11 is 0. The standard InChI is InChI=1S/C22H20N2O7/c1-13(25)23-15-6-7-16-14(10-20(26)31-19(16)11-15)12-30-22(28)17-4-2-8-24(17)21(27)18-5-3-9-29-18/h3,5-7,9-11,17H,2,4,8,12H2,1H3,(H,23,25). The van der Waals surface area contributed by atoms with Gasteiger partial charge in [0.1, 0.15) is 18.2 Å². The van der Waals surface area contributed by atoms with Crippen molar-refractivity contribution in [3.8, 4) is 0 Å². The summed E-state index contributed by atoms with van der Waals surface area (Å²) in [6.07, 6.45) is 2.57. The van der Waals surface area contributed by atoms with Crippen LogP contribution in [0.4, 0.5) is 5.69 Å². The predicted octanol–water partition coefficient (Wildman–Crippen LogP) is 2.69. The molecule has 3 heterocycles. The number of hydrogen-bond donors (Lipinski definition) is 1. The Morgan fingerprint density at radius 3 is 2.81 bits per heavy atom. The van der Waals surface area contributed by atoms with Gasteiger partial charge in [-0.1, -0.05) is 0 Å². The molecule has 0 spiro atoms. The van der Waals surface area contributed by atoms with Gasteiger partial charge in [0.15, 0.2) is 5.76 Å². The summed E-state index contributed by atoms with van der Waals surface area (Å²) in [4.78, 5) is 49.9. The van der Waals surface area contributed by atoms with Crippen LogP contribution in [0.1, 0.15) is 35.9 Å². The van der Waals surface area contributed by atoms with Crippen LogP contribution in [0.3, 0.4) is 0 Å². The summed E-state index contributed by atoms with van der Waals surface area (Å²) in [5, 5.41) is 3.20. The number of esters is 1. The molecule has 4 rings (SSSR count). The number of furan rings is 1. The number of anilines is 1. The van der Waals surface area contributed by atoms with E-state index in [9.17, 15) is 19.2 Å². The Morgan fingerprint density at radius 2 is 2.06 bits per heavy atom. The zero-order chi connectivity index (χ0) is 22.0. The molecule has 1 aliphatic heterocycles. The summed E-state index contributed by atoms with van der Waals surface area (Å²) in [5.74, 6) is -0.993. The Hall–Kier alpha value is -3.88. The largest absolute Gasteiger partial charge is 0.459 e. The van der Waals surface area contributed by atoms with Crippen LogP contribution in [0.2, 0.25) is 0 Å². The maximum Gasteiger partial charge on any atom is 0.336 e. The topological polar surface area (TPSA) is 119 Å². The molecule has 1 unspecified atom stereocenters. The molecule has 1 aliphatic rings. The maximum atomic E-state index is 12.7. The van der Waals surface area contributed by atoms with Crippen LogP contribution in [0.15, 0.2) is 56.3 Å². The Balaban J connectivity index is 1.50. The van der Waals surface area contributed by atoms with Crippen LogP contribution < -0.4 is 10.9 Å². The van der Waals surface area contributed by atoms with E-state index >= 15 is 0 Å². The highest BCUT2D eigenvalue weighted by Gasteiger charge is 2.36. The van der Waals surface area contributed by atoms with Crippen LogP contribution in [0, 0.1) is 0 Å². The first-order chi connectivity index (χ1) is 14.9. The number of likely N-dealkylation sites (tertiary alicyclic amines) is 1. The van der Waals surface area contributed by atoms with E-state index in [0.717, 1.165) is 0 Å². The second-order valence-electron chi connectivity index (χ2n) is 7.22. The highest BCUT2D eigenvalue weighted by molar-refractivity contribution is 5.95. The maximum absolute atomic E-state index is 12.7. The van der Waals surface area contributed by atoms with Crippen LogP contribution in [0.5, 0.6) is 0 Å². The van der Waals surface area contributed by atoms with Gasteiger partial charge in [0.05, 0.1) is 6.26 Å². The fourth-order valence-electron chi connectivity index (χ4n) is 3.67. The highest BCUT2D eigenvalue weighted by Crippen LogP contribution is 2.24. The predicted molar refractivity (Wildman–Crippen MR) is 109 cm³/mol. The normalized spacial score (nSPS) is 15.8. The zero-order valence-electron chi connectivity index (χ0n) is 16.8. The smallest absolute Gasteiger partial charge is 0.336 e. The van der Waals surface area contributed by atoms with Gasteiger partial charge in [0.25, 0.3) is 5.91 Å². The third-order valence-corrected chi connectivity index (χ3v) is 5.04. The summed E-state index contributed by atoms with van der Waals surface area (Å²) in [6.45, 7) is 1.65. The Labute approximate surface area is 176 Å². The van der Waals surface area contributed by atoms with Crippen LogP contribution in [-0.4, -0.2) is 35.3 Å². The van der Waals surface area contributed by atoms with E-state index in [1.54, 1.807) is 24.3 Å². The molecular formula is C22H20N2O7. The van der Waals surface area contributed by atoms with Crippen molar-refractivity contribution in [2.24, 2.45) is 0 Å². The monoisotopic (exact) mass is 424 g/mol. The molecule has 1 aromatic carbocycles. The lowest BCUT2D eigenvalue weighted by atomic mass is 10.1. The van der Waals surface area contributed by atoms with Gasteiger partial charge < -0.3 is 23.8 Å². The fraction of sp³-hybridized carbons (Fsp3) is 0.273. The summed E-state index contributed by atoms with van der Waals surface area (Å²) in [6, 6.07) is 8.58. The number of hydrogen-bond acceptors (Lipinski definition) is 7. The molecule has 9 heteroatoms. The SMILES string of the molecule is CC(=O)Nc1ccc2c(COC(=O)C3CCCN3C(=O)c3ccco3)cc(=O)oc2c1. The van der Waals surface area contributed by atoms with E-state index in [1.165, 1.54) is 30.2 Å². The van der Waals surface area contributed by atoms with Gasteiger partial charge in [0.2, 0.25) is 5.91 Å². The molecule has 0 bridgehead atoms. The number of fused-ring (bicyclic) bond motifs is 1. The second-order valence-corrected chi connectivity index (χ2v) is 7.22. The minimum absolute atomic E-state index is 0.153. The van der Waals surface area contributed by atoms with Crippen LogP contribution in [0.25, 0.3) is 11.0 Å². The number of amides is 2. The average Bonchev–Trinajstić information content (AvgIpc) is 3.42. The van der Waals surface area contributed by atoms with Gasteiger partial charge in [-0.15, -0.1) is 0 Å². The summed E-state index contributed by atoms with van der Waals surface area (Å²) in [5.41, 5.74) is 0.612. The molecule has 2 amide bonds. The number of benzene rings is 1. The van der Waals surface area contributed by atoms with E-state index in [1.807, 2.05) is 0 Å². The molecule has 0 saturated carbocycles. The molecule has 1 atom stereocenters. The third kappa shape index (κ3) is 4.35. The zero-order valence-corrected chi connectivity index (χ0v) is 16.8. The van der Waals surface area contributed by atoms with Gasteiger partial charge in [-0.2, -0.15) is 0 Å². The lowest BCUT2D eigenvalue weighted by Gasteiger charge is -2.22. The molecule has 2 aromatic heterocycles.